The summed E-state index contributed by atoms with van der Waals surface area (Å²) in [5, 5.41) is 17.9. The molecule has 0 spiro atoms. The van der Waals surface area contributed by atoms with Gasteiger partial charge in [0.1, 0.15) is 37.0 Å². The highest BCUT2D eigenvalue weighted by Gasteiger charge is 2.68. The summed E-state index contributed by atoms with van der Waals surface area (Å²) in [6.07, 6.45) is -10.2. The molecule has 72 heavy (non-hydrogen) atoms. The summed E-state index contributed by atoms with van der Waals surface area (Å²) in [6, 6.07) is 3.38. The van der Waals surface area contributed by atoms with Crippen molar-refractivity contribution in [1.82, 2.24) is 34.8 Å². The van der Waals surface area contributed by atoms with Crippen LogP contribution < -0.4 is 9.62 Å². The Balaban J connectivity index is 1.47. The smallest absolute Gasteiger partial charge is 0.435 e. The SMILES string of the molecule is CN(CC(=O)O)C(=O)N(c1nn(CC(F)(F)F)c2c(-c3ccc(CCC(C)(C)S(C)(=O)=O)nc3[C@H](Cc3cc(F)cc(F)c3)NC(=O)Cn3nc(C(F)(F)F)c4c3C(F)(F)[C@@H]3CC43)ccc(Cl)c12)S(C)(=O)=O. The predicted octanol–water partition coefficient (Wildman–Crippen LogP) is 7.77. The van der Waals surface area contributed by atoms with Crippen LogP contribution in [0.5, 0.6) is 0 Å². The number of anilines is 1. The number of carbonyl (C=O) groups excluding carboxylic acids is 2. The summed E-state index contributed by atoms with van der Waals surface area (Å²) in [7, 11) is -7.80. The molecule has 3 atom stereocenters. The molecule has 2 aromatic carbocycles. The van der Waals surface area contributed by atoms with E-state index in [1.165, 1.54) is 26.0 Å². The Morgan fingerprint density at radius 2 is 1.57 bits per heavy atom. The first-order chi connectivity index (χ1) is 33.0. The number of likely N-dealkylation sites (N-methyl/N-ethyl adjacent to an activating group) is 1. The maximum absolute atomic E-state index is 15.6. The first-order valence-corrected chi connectivity index (χ1v) is 25.3. The van der Waals surface area contributed by atoms with Crippen LogP contribution in [0.3, 0.4) is 0 Å². The number of nitrogens with one attached hydrogen (secondary N) is 1. The third-order valence-corrected chi connectivity index (χ3v) is 15.8. The van der Waals surface area contributed by atoms with Crippen LogP contribution in [0.2, 0.25) is 5.02 Å². The minimum atomic E-state index is -5.23. The van der Waals surface area contributed by atoms with E-state index in [9.17, 15) is 71.4 Å². The molecule has 2 aliphatic carbocycles. The number of carboxylic acids is 1. The number of sulfone groups is 1. The maximum Gasteiger partial charge on any atom is 0.435 e. The predicted molar refractivity (Wildman–Crippen MR) is 237 cm³/mol. The van der Waals surface area contributed by atoms with Crippen molar-refractivity contribution in [2.45, 2.75) is 87.6 Å². The van der Waals surface area contributed by atoms with Crippen LogP contribution in [0.15, 0.2) is 42.5 Å². The molecule has 16 nitrogen and oxygen atoms in total. The number of sulfonamides is 1. The van der Waals surface area contributed by atoms with Gasteiger partial charge in [-0.2, -0.15) is 49.6 Å². The first-order valence-electron chi connectivity index (χ1n) is 21.2. The van der Waals surface area contributed by atoms with E-state index in [1.807, 2.05) is 0 Å². The van der Waals surface area contributed by atoms with Crippen LogP contribution in [0, 0.1) is 17.6 Å². The van der Waals surface area contributed by atoms with E-state index in [0.29, 0.717) is 17.2 Å². The second-order valence-corrected chi connectivity index (χ2v) is 23.1. The van der Waals surface area contributed by atoms with Gasteiger partial charge >= 0.3 is 24.4 Å². The van der Waals surface area contributed by atoms with Crippen LogP contribution in [0.1, 0.15) is 72.6 Å². The molecule has 5 aromatic rings. The fraction of sp³-hybridized carbons (Fsp3) is 0.442. The van der Waals surface area contributed by atoms with Gasteiger partial charge in [0.15, 0.2) is 21.3 Å². The summed E-state index contributed by atoms with van der Waals surface area (Å²) < 4.78 is 198. The van der Waals surface area contributed by atoms with Crippen LogP contribution in [0.25, 0.3) is 22.0 Å². The number of pyridine rings is 1. The summed E-state index contributed by atoms with van der Waals surface area (Å²) in [4.78, 5) is 44.4. The topological polar surface area (TPSA) is 207 Å². The lowest BCUT2D eigenvalue weighted by Crippen LogP contribution is -2.46. The molecule has 0 saturated heterocycles. The number of amides is 3. The van der Waals surface area contributed by atoms with Crippen molar-refractivity contribution in [3.63, 3.8) is 0 Å². The van der Waals surface area contributed by atoms with E-state index >= 15 is 8.78 Å². The molecule has 0 radical (unpaired) electrons. The van der Waals surface area contributed by atoms with Gasteiger partial charge in [0, 0.05) is 47.7 Å². The lowest BCUT2D eigenvalue weighted by atomic mass is 9.93. The number of urea groups is 1. The average Bonchev–Trinajstić information content (AvgIpc) is 3.73. The van der Waals surface area contributed by atoms with Crippen molar-refractivity contribution in [2.24, 2.45) is 5.92 Å². The highest BCUT2D eigenvalue weighted by atomic mass is 35.5. The molecule has 1 saturated carbocycles. The second-order valence-electron chi connectivity index (χ2n) is 18.2. The van der Waals surface area contributed by atoms with E-state index < -0.39 is 161 Å². The molecule has 390 valence electrons. The Bertz CT molecular complexity index is 3250. The fourth-order valence-electron chi connectivity index (χ4n) is 8.63. The molecule has 0 bridgehead atoms. The second kappa shape index (κ2) is 18.5. The molecule has 3 amide bonds. The van der Waals surface area contributed by atoms with Gasteiger partial charge in [-0.25, -0.2) is 30.4 Å². The quantitative estimate of drug-likeness (QED) is 0.0913. The third kappa shape index (κ3) is 10.7. The summed E-state index contributed by atoms with van der Waals surface area (Å²) in [6.45, 7) is -1.63. The van der Waals surface area contributed by atoms with E-state index in [0.717, 1.165) is 37.6 Å². The minimum absolute atomic E-state index is 0.0266. The first kappa shape index (κ1) is 53.8. The molecule has 3 heterocycles. The van der Waals surface area contributed by atoms with E-state index in [-0.39, 0.29) is 55.3 Å². The monoisotopic (exact) mass is 1090 g/mol. The zero-order valence-corrected chi connectivity index (χ0v) is 40.5. The van der Waals surface area contributed by atoms with Gasteiger partial charge in [0.2, 0.25) is 15.9 Å². The normalized spacial score (nSPS) is 17.1. The van der Waals surface area contributed by atoms with Crippen molar-refractivity contribution in [3.8, 4) is 11.1 Å². The lowest BCUT2D eigenvalue weighted by Gasteiger charge is -2.25. The van der Waals surface area contributed by atoms with Gasteiger partial charge in [-0.1, -0.05) is 23.7 Å². The van der Waals surface area contributed by atoms with E-state index in [4.69, 9.17) is 11.6 Å². The molecule has 2 aliphatic rings. The molecule has 3 aromatic heterocycles. The van der Waals surface area contributed by atoms with Crippen molar-refractivity contribution in [1.29, 1.82) is 0 Å². The number of alkyl halides is 8. The van der Waals surface area contributed by atoms with Crippen LogP contribution in [-0.4, -0.2) is 106 Å². The zero-order chi connectivity index (χ0) is 53.6. The Morgan fingerprint density at radius 1 is 0.944 bits per heavy atom. The van der Waals surface area contributed by atoms with Gasteiger partial charge < -0.3 is 15.3 Å². The molecular formula is C43H41ClF10N8O8S2. The number of rotatable bonds is 16. The van der Waals surface area contributed by atoms with Gasteiger partial charge in [-0.05, 0) is 75.3 Å². The number of fused-ring (bicyclic) bond motifs is 4. The molecule has 29 heteroatoms. The summed E-state index contributed by atoms with van der Waals surface area (Å²) >= 11 is 6.60. The van der Waals surface area contributed by atoms with Crippen molar-refractivity contribution >= 4 is 66.1 Å². The van der Waals surface area contributed by atoms with Crippen molar-refractivity contribution < 1.29 is 80.2 Å². The summed E-state index contributed by atoms with van der Waals surface area (Å²) in [5.41, 5.74) is -5.51. The van der Waals surface area contributed by atoms with Crippen molar-refractivity contribution in [3.05, 3.63) is 93.0 Å². The number of halogens is 11. The molecule has 7 rings (SSSR count). The highest BCUT2D eigenvalue weighted by Crippen LogP contribution is 2.68. The maximum atomic E-state index is 15.6. The Kier molecular flexibility index (Phi) is 13.8. The Morgan fingerprint density at radius 3 is 2.14 bits per heavy atom. The Labute approximate surface area is 407 Å². The van der Waals surface area contributed by atoms with Crippen LogP contribution >= 0.6 is 11.6 Å². The highest BCUT2D eigenvalue weighted by molar-refractivity contribution is 7.93. The summed E-state index contributed by atoms with van der Waals surface area (Å²) in [5.74, 6) is -12.8. The van der Waals surface area contributed by atoms with E-state index in [2.05, 4.69) is 20.5 Å². The number of nitrogens with zero attached hydrogens (tertiary/aromatic N) is 7. The lowest BCUT2D eigenvalue weighted by molar-refractivity contribution is -0.143. The van der Waals surface area contributed by atoms with Crippen LogP contribution in [0.4, 0.5) is 54.5 Å². The standard InChI is InChI=1S/C43H41ClF10N8O8S2/c1-40(2,71(4,67)68)11-10-23-6-7-24(25-8-9-28(44)33-35(25)61(19-41(47,48)49)58-38(33)62(72(5,69)70)39(66)59(3)18-31(64)65)34(55-23)29(14-20-12-21(45)15-22(46)13-20)56-30(63)17-60-37-32(36(57-60)43(52,53)54)26-16-27(26)42(37,50)51/h6-9,12-13,15,26-27,29H,10-11,14,16-19H2,1-5H3,(H,56,63)(H,64,65)/t26?,27-,29+/m1/s1. The molecular weight excluding hydrogens is 1050 g/mol. The largest absolute Gasteiger partial charge is 0.480 e. The van der Waals surface area contributed by atoms with Gasteiger partial charge in [-0.3, -0.25) is 23.9 Å². The molecule has 1 unspecified atom stereocenters. The van der Waals surface area contributed by atoms with E-state index in [1.54, 1.807) is 0 Å². The number of benzene rings is 2. The molecule has 1 fully saturated rings. The number of carboxylic acid groups (broad SMARTS) is 1. The number of aliphatic carboxylic acids is 1. The van der Waals surface area contributed by atoms with Gasteiger partial charge in [0.05, 0.1) is 38.7 Å². The van der Waals surface area contributed by atoms with Crippen molar-refractivity contribution in [2.75, 3.05) is 30.4 Å². The van der Waals surface area contributed by atoms with Gasteiger partial charge in [-0.15, -0.1) is 0 Å². The number of aryl methyl sites for hydroxylation is 1. The number of hydrogen-bond donors (Lipinski definition) is 2. The fourth-order valence-corrected chi connectivity index (χ4v) is 10.2. The average molecular weight is 1090 g/mol. The number of carbonyl (C=O) groups is 3. The third-order valence-electron chi connectivity index (χ3n) is 12.3. The van der Waals surface area contributed by atoms with Gasteiger partial charge in [0.25, 0.3) is 5.92 Å². The number of aromatic nitrogens is 5. The molecule has 0 aliphatic heterocycles. The number of hydrogen-bond acceptors (Lipinski definition) is 10. The molecule has 2 N–H and O–H groups in total. The minimum Gasteiger partial charge on any atom is -0.480 e. The Hall–Kier alpha value is -6.03. The zero-order valence-electron chi connectivity index (χ0n) is 38.1. The van der Waals surface area contributed by atoms with Crippen LogP contribution in [-0.2, 0) is 67.5 Å².